The fourth-order valence-corrected chi connectivity index (χ4v) is 2.13. The number of carbonyl (C=O) groups excluding carboxylic acids is 1. The van der Waals surface area contributed by atoms with Gasteiger partial charge in [-0.15, -0.1) is 0 Å². The van der Waals surface area contributed by atoms with Crippen molar-refractivity contribution in [2.45, 2.75) is 63.5 Å². The summed E-state index contributed by atoms with van der Waals surface area (Å²) in [4.78, 5) is 21.8. The van der Waals surface area contributed by atoms with Crippen LogP contribution in [0, 0.1) is 0 Å². The number of hydrogen-bond donors (Lipinski definition) is 2. The molecule has 1 atom stereocenters. The third-order valence-electron chi connectivity index (χ3n) is 3.06. The van der Waals surface area contributed by atoms with Gasteiger partial charge in [0.05, 0.1) is 0 Å². The van der Waals surface area contributed by atoms with Crippen molar-refractivity contribution in [3.05, 3.63) is 0 Å². The molecule has 0 aromatic heterocycles. The Kier molecular flexibility index (Phi) is 11.9. The highest BCUT2D eigenvalue weighted by atomic mass is 32.2. The lowest BCUT2D eigenvalue weighted by molar-refractivity contribution is -0.137. The van der Waals surface area contributed by atoms with Crippen LogP contribution < -0.4 is 5.32 Å². The molecule has 0 aliphatic rings. The van der Waals surface area contributed by atoms with E-state index in [4.69, 9.17) is 5.11 Å². The Labute approximate surface area is 120 Å². The summed E-state index contributed by atoms with van der Waals surface area (Å²) in [5, 5.41) is 12.0. The van der Waals surface area contributed by atoms with E-state index in [0.29, 0.717) is 24.6 Å². The van der Waals surface area contributed by atoms with E-state index < -0.39 is 5.97 Å². The molecule has 0 bridgehead atoms. The molecule has 2 N–H and O–H groups in total. The number of rotatable bonds is 12. The third-order valence-corrected chi connectivity index (χ3v) is 4.10. The molecule has 0 rings (SSSR count). The van der Waals surface area contributed by atoms with Crippen molar-refractivity contribution in [1.82, 2.24) is 5.32 Å². The van der Waals surface area contributed by atoms with Crippen LogP contribution in [0.25, 0.3) is 0 Å². The molecule has 4 nitrogen and oxygen atoms in total. The van der Waals surface area contributed by atoms with Gasteiger partial charge in [-0.3, -0.25) is 9.59 Å². The van der Waals surface area contributed by atoms with E-state index in [1.165, 1.54) is 6.42 Å². The summed E-state index contributed by atoms with van der Waals surface area (Å²) in [6.45, 7) is 2.88. The van der Waals surface area contributed by atoms with Gasteiger partial charge in [-0.2, -0.15) is 11.8 Å². The van der Waals surface area contributed by atoms with Crippen LogP contribution >= 0.6 is 11.8 Å². The van der Waals surface area contributed by atoms with Gasteiger partial charge in [0.15, 0.2) is 0 Å². The van der Waals surface area contributed by atoms with Gasteiger partial charge >= 0.3 is 5.97 Å². The molecule has 0 spiro atoms. The van der Waals surface area contributed by atoms with Gasteiger partial charge in [0.1, 0.15) is 0 Å². The Morgan fingerprint density at radius 1 is 1.11 bits per heavy atom. The molecular weight excluding hydrogens is 262 g/mol. The van der Waals surface area contributed by atoms with Crippen molar-refractivity contribution < 1.29 is 14.7 Å². The SMILES string of the molecule is CS[C@H](C)CCCCC(=O)NCCCCCC(=O)O. The first-order valence-electron chi connectivity index (χ1n) is 7.07. The smallest absolute Gasteiger partial charge is 0.303 e. The lowest BCUT2D eigenvalue weighted by Crippen LogP contribution is -2.24. The number of aliphatic carboxylic acids is 1. The summed E-state index contributed by atoms with van der Waals surface area (Å²) >= 11 is 1.86. The van der Waals surface area contributed by atoms with Gasteiger partial charge < -0.3 is 10.4 Å². The van der Waals surface area contributed by atoms with Crippen LogP contribution in [0.2, 0.25) is 0 Å². The van der Waals surface area contributed by atoms with Crippen LogP contribution in [-0.4, -0.2) is 35.0 Å². The average Bonchev–Trinajstić information content (AvgIpc) is 2.38. The molecule has 5 heteroatoms. The van der Waals surface area contributed by atoms with E-state index in [9.17, 15) is 9.59 Å². The fourth-order valence-electron chi connectivity index (χ4n) is 1.73. The van der Waals surface area contributed by atoms with E-state index >= 15 is 0 Å². The molecule has 0 aliphatic carbocycles. The van der Waals surface area contributed by atoms with Crippen molar-refractivity contribution in [2.75, 3.05) is 12.8 Å². The van der Waals surface area contributed by atoms with E-state index in [1.54, 1.807) is 0 Å². The molecule has 112 valence electrons. The second-order valence-corrected chi connectivity index (χ2v) is 6.12. The van der Waals surface area contributed by atoms with Gasteiger partial charge in [0, 0.05) is 24.6 Å². The third kappa shape index (κ3) is 13.5. The van der Waals surface area contributed by atoms with Crippen LogP contribution in [0.3, 0.4) is 0 Å². The van der Waals surface area contributed by atoms with E-state index in [-0.39, 0.29) is 12.3 Å². The summed E-state index contributed by atoms with van der Waals surface area (Å²) in [6, 6.07) is 0. The van der Waals surface area contributed by atoms with Gasteiger partial charge in [-0.25, -0.2) is 0 Å². The lowest BCUT2D eigenvalue weighted by Gasteiger charge is -2.07. The van der Waals surface area contributed by atoms with Gasteiger partial charge in [-0.05, 0) is 31.9 Å². The number of carboxylic acid groups (broad SMARTS) is 1. The molecular formula is C14H27NO3S. The predicted molar refractivity (Wildman–Crippen MR) is 80.6 cm³/mol. The second kappa shape index (κ2) is 12.3. The fraction of sp³-hybridized carbons (Fsp3) is 0.857. The summed E-state index contributed by atoms with van der Waals surface area (Å²) < 4.78 is 0. The van der Waals surface area contributed by atoms with Crippen LogP contribution in [-0.2, 0) is 9.59 Å². The summed E-state index contributed by atoms with van der Waals surface area (Å²) in [5.74, 6) is -0.626. The molecule has 0 aromatic carbocycles. The van der Waals surface area contributed by atoms with Crippen molar-refractivity contribution >= 4 is 23.6 Å². The highest BCUT2D eigenvalue weighted by Gasteiger charge is 2.03. The van der Waals surface area contributed by atoms with Crippen LogP contribution in [0.4, 0.5) is 0 Å². The number of carbonyl (C=O) groups is 2. The van der Waals surface area contributed by atoms with Gasteiger partial charge in [0.25, 0.3) is 0 Å². The Morgan fingerprint density at radius 3 is 2.42 bits per heavy atom. The zero-order chi connectivity index (χ0) is 14.5. The number of unbranched alkanes of at least 4 members (excludes halogenated alkanes) is 3. The number of nitrogens with one attached hydrogen (secondary N) is 1. The summed E-state index contributed by atoms with van der Waals surface area (Å²) in [6.07, 6.45) is 8.59. The van der Waals surface area contributed by atoms with Crippen molar-refractivity contribution in [2.24, 2.45) is 0 Å². The quantitative estimate of drug-likeness (QED) is 0.542. The molecule has 1 amide bonds. The highest BCUT2D eigenvalue weighted by molar-refractivity contribution is 7.99. The Morgan fingerprint density at radius 2 is 1.79 bits per heavy atom. The number of hydrogen-bond acceptors (Lipinski definition) is 3. The topological polar surface area (TPSA) is 66.4 Å². The molecule has 0 aromatic rings. The first kappa shape index (κ1) is 18.3. The minimum atomic E-state index is -0.747. The predicted octanol–water partition coefficient (Wildman–Crippen LogP) is 3.06. The average molecular weight is 289 g/mol. The minimum Gasteiger partial charge on any atom is -0.481 e. The number of carboxylic acids is 1. The van der Waals surface area contributed by atoms with E-state index in [1.807, 2.05) is 11.8 Å². The zero-order valence-electron chi connectivity index (χ0n) is 12.1. The standard InChI is InChI=1S/C14H27NO3S/c1-12(19-2)8-5-6-9-13(16)15-11-7-3-4-10-14(17)18/h12H,3-11H2,1-2H3,(H,15,16)(H,17,18)/t12-/m1/s1. The molecule has 0 heterocycles. The first-order chi connectivity index (χ1) is 9.06. The monoisotopic (exact) mass is 289 g/mol. The molecule has 0 unspecified atom stereocenters. The van der Waals surface area contributed by atoms with E-state index in [2.05, 4.69) is 18.5 Å². The second-order valence-electron chi connectivity index (χ2n) is 4.85. The molecule has 0 saturated carbocycles. The Balaban J connectivity index is 3.28. The molecule has 0 fully saturated rings. The Bertz CT molecular complexity index is 259. The van der Waals surface area contributed by atoms with Crippen LogP contribution in [0.15, 0.2) is 0 Å². The Hall–Kier alpha value is -0.710. The maximum atomic E-state index is 11.5. The van der Waals surface area contributed by atoms with Crippen molar-refractivity contribution in [3.8, 4) is 0 Å². The summed E-state index contributed by atoms with van der Waals surface area (Å²) in [7, 11) is 0. The zero-order valence-corrected chi connectivity index (χ0v) is 12.9. The van der Waals surface area contributed by atoms with Gasteiger partial charge in [-0.1, -0.05) is 19.8 Å². The molecule has 0 aliphatic heterocycles. The molecule has 0 saturated heterocycles. The first-order valence-corrected chi connectivity index (χ1v) is 8.36. The largest absolute Gasteiger partial charge is 0.481 e. The molecule has 0 radical (unpaired) electrons. The summed E-state index contributed by atoms with van der Waals surface area (Å²) in [5.41, 5.74) is 0. The van der Waals surface area contributed by atoms with Crippen LogP contribution in [0.5, 0.6) is 0 Å². The maximum absolute atomic E-state index is 11.5. The van der Waals surface area contributed by atoms with Gasteiger partial charge in [0.2, 0.25) is 5.91 Å². The normalized spacial score (nSPS) is 12.1. The minimum absolute atomic E-state index is 0.120. The van der Waals surface area contributed by atoms with Crippen molar-refractivity contribution in [1.29, 1.82) is 0 Å². The maximum Gasteiger partial charge on any atom is 0.303 e. The van der Waals surface area contributed by atoms with Crippen LogP contribution in [0.1, 0.15) is 58.3 Å². The number of amides is 1. The van der Waals surface area contributed by atoms with E-state index in [0.717, 1.165) is 25.7 Å². The number of thioether (sulfide) groups is 1. The van der Waals surface area contributed by atoms with Crippen molar-refractivity contribution in [3.63, 3.8) is 0 Å². The highest BCUT2D eigenvalue weighted by Crippen LogP contribution is 2.13. The lowest BCUT2D eigenvalue weighted by atomic mass is 10.1. The molecule has 19 heavy (non-hydrogen) atoms.